The molecule has 0 saturated heterocycles. The molecule has 0 aliphatic carbocycles. The Morgan fingerprint density at radius 2 is 1.93 bits per heavy atom. The Balaban J connectivity index is 1.60. The average Bonchev–Trinajstić information content (AvgIpc) is 3.12. The summed E-state index contributed by atoms with van der Waals surface area (Å²) < 4.78 is 38.4. The molecular formula is C20H25NO5S. The fourth-order valence-corrected chi connectivity index (χ4v) is 3.82. The second kappa shape index (κ2) is 8.29. The topological polar surface area (TPSA) is 84.9 Å². The van der Waals surface area contributed by atoms with Crippen LogP contribution in [-0.2, 0) is 16.4 Å². The van der Waals surface area contributed by atoms with Crippen molar-refractivity contribution in [2.45, 2.75) is 31.3 Å². The Bertz CT molecular complexity index is 878. The zero-order valence-corrected chi connectivity index (χ0v) is 16.3. The Labute approximate surface area is 160 Å². The van der Waals surface area contributed by atoms with E-state index in [-0.39, 0.29) is 11.4 Å². The van der Waals surface area contributed by atoms with Crippen LogP contribution in [0.25, 0.3) is 0 Å². The standard InChI is InChI=1S/C20H25NO5S/c1-14(2)13-26-17-4-6-18(7-5-17)27(23,24)21-12-19(22)15-3-8-20-16(11-15)9-10-25-20/h3-8,11,14,19,21-22H,9-10,12-13H2,1-2H3. The van der Waals surface area contributed by atoms with E-state index in [9.17, 15) is 13.5 Å². The highest BCUT2D eigenvalue weighted by molar-refractivity contribution is 7.89. The molecule has 1 atom stereocenters. The number of ether oxygens (including phenoxy) is 2. The molecule has 2 aromatic carbocycles. The average molecular weight is 391 g/mol. The Hall–Kier alpha value is -2.09. The van der Waals surface area contributed by atoms with Crippen LogP contribution in [0.4, 0.5) is 0 Å². The third-order valence-electron chi connectivity index (χ3n) is 4.28. The van der Waals surface area contributed by atoms with E-state index in [4.69, 9.17) is 9.47 Å². The van der Waals surface area contributed by atoms with Crippen LogP contribution in [0.3, 0.4) is 0 Å². The highest BCUT2D eigenvalue weighted by atomic mass is 32.2. The number of aliphatic hydroxyl groups excluding tert-OH is 1. The lowest BCUT2D eigenvalue weighted by Gasteiger charge is -2.14. The van der Waals surface area contributed by atoms with Gasteiger partial charge < -0.3 is 14.6 Å². The highest BCUT2D eigenvalue weighted by Crippen LogP contribution is 2.28. The van der Waals surface area contributed by atoms with E-state index in [1.807, 2.05) is 26.0 Å². The molecule has 0 amide bonds. The largest absolute Gasteiger partial charge is 0.493 e. The maximum absolute atomic E-state index is 12.4. The molecular weight excluding hydrogens is 366 g/mol. The van der Waals surface area contributed by atoms with Crippen LogP contribution in [-0.4, -0.2) is 33.3 Å². The van der Waals surface area contributed by atoms with Gasteiger partial charge in [-0.25, -0.2) is 13.1 Å². The lowest BCUT2D eigenvalue weighted by atomic mass is 10.0. The molecule has 1 heterocycles. The lowest BCUT2D eigenvalue weighted by Crippen LogP contribution is -2.28. The van der Waals surface area contributed by atoms with Gasteiger partial charge in [-0.1, -0.05) is 19.9 Å². The van der Waals surface area contributed by atoms with Gasteiger partial charge in [-0.05, 0) is 53.4 Å². The van der Waals surface area contributed by atoms with Crippen molar-refractivity contribution < 1.29 is 23.0 Å². The molecule has 0 aromatic heterocycles. The summed E-state index contributed by atoms with van der Waals surface area (Å²) in [6.45, 7) is 5.19. The molecule has 1 unspecified atom stereocenters. The van der Waals surface area contributed by atoms with Crippen molar-refractivity contribution in [3.8, 4) is 11.5 Å². The Morgan fingerprint density at radius 1 is 1.19 bits per heavy atom. The first kappa shape index (κ1) is 19.7. The number of sulfonamides is 1. The molecule has 0 spiro atoms. The molecule has 27 heavy (non-hydrogen) atoms. The van der Waals surface area contributed by atoms with Crippen molar-refractivity contribution in [2.24, 2.45) is 5.92 Å². The van der Waals surface area contributed by atoms with E-state index in [1.54, 1.807) is 18.2 Å². The minimum absolute atomic E-state index is 0.104. The molecule has 0 bridgehead atoms. The van der Waals surface area contributed by atoms with Gasteiger partial charge in [0.2, 0.25) is 10.0 Å². The van der Waals surface area contributed by atoms with Crippen LogP contribution < -0.4 is 14.2 Å². The van der Waals surface area contributed by atoms with Gasteiger partial charge in [-0.2, -0.15) is 0 Å². The van der Waals surface area contributed by atoms with Crippen molar-refractivity contribution in [2.75, 3.05) is 19.8 Å². The van der Waals surface area contributed by atoms with E-state index in [2.05, 4.69) is 4.72 Å². The van der Waals surface area contributed by atoms with Crippen molar-refractivity contribution in [3.05, 3.63) is 53.6 Å². The van der Waals surface area contributed by atoms with Crippen molar-refractivity contribution in [3.63, 3.8) is 0 Å². The predicted molar refractivity (Wildman–Crippen MR) is 103 cm³/mol. The maximum atomic E-state index is 12.4. The first-order valence-electron chi connectivity index (χ1n) is 9.01. The van der Waals surface area contributed by atoms with Gasteiger partial charge in [0.1, 0.15) is 11.5 Å². The van der Waals surface area contributed by atoms with Gasteiger partial charge >= 0.3 is 0 Å². The van der Waals surface area contributed by atoms with Crippen LogP contribution in [0.5, 0.6) is 11.5 Å². The summed E-state index contributed by atoms with van der Waals surface area (Å²) in [6.07, 6.45) is -0.133. The smallest absolute Gasteiger partial charge is 0.240 e. The highest BCUT2D eigenvalue weighted by Gasteiger charge is 2.19. The second-order valence-electron chi connectivity index (χ2n) is 7.01. The first-order valence-corrected chi connectivity index (χ1v) is 10.5. The van der Waals surface area contributed by atoms with Gasteiger partial charge in [0.15, 0.2) is 0 Å². The van der Waals surface area contributed by atoms with Gasteiger partial charge in [0.25, 0.3) is 0 Å². The number of fused-ring (bicyclic) bond motifs is 1. The zero-order chi connectivity index (χ0) is 19.4. The number of rotatable bonds is 8. The number of aliphatic hydroxyl groups is 1. The molecule has 0 saturated carbocycles. The first-order chi connectivity index (χ1) is 12.8. The molecule has 1 aliphatic rings. The summed E-state index contributed by atoms with van der Waals surface area (Å²) in [5.74, 6) is 1.84. The van der Waals surface area contributed by atoms with Crippen LogP contribution in [0.1, 0.15) is 31.1 Å². The molecule has 6 nitrogen and oxygen atoms in total. The number of hydrogen-bond donors (Lipinski definition) is 2. The molecule has 146 valence electrons. The van der Waals surface area contributed by atoms with E-state index < -0.39 is 16.1 Å². The fraction of sp³-hybridized carbons (Fsp3) is 0.400. The lowest BCUT2D eigenvalue weighted by molar-refractivity contribution is 0.182. The quantitative estimate of drug-likeness (QED) is 0.723. The molecule has 1 aliphatic heterocycles. The zero-order valence-electron chi connectivity index (χ0n) is 15.5. The maximum Gasteiger partial charge on any atom is 0.240 e. The monoisotopic (exact) mass is 391 g/mol. The van der Waals surface area contributed by atoms with E-state index in [1.165, 1.54) is 12.1 Å². The van der Waals surface area contributed by atoms with Crippen LogP contribution in [0.15, 0.2) is 47.4 Å². The fourth-order valence-electron chi connectivity index (χ4n) is 2.78. The van der Waals surface area contributed by atoms with Crippen molar-refractivity contribution in [1.29, 1.82) is 0 Å². The number of nitrogens with one attached hydrogen (secondary N) is 1. The van der Waals surface area contributed by atoms with E-state index >= 15 is 0 Å². The summed E-state index contributed by atoms with van der Waals surface area (Å²) in [5, 5.41) is 10.3. The summed E-state index contributed by atoms with van der Waals surface area (Å²) in [4.78, 5) is 0.133. The number of benzene rings is 2. The minimum atomic E-state index is -3.71. The summed E-state index contributed by atoms with van der Waals surface area (Å²) >= 11 is 0. The van der Waals surface area contributed by atoms with Crippen LogP contribution in [0.2, 0.25) is 0 Å². The van der Waals surface area contributed by atoms with Crippen molar-refractivity contribution in [1.82, 2.24) is 4.72 Å². The van der Waals surface area contributed by atoms with Crippen LogP contribution >= 0.6 is 0 Å². The minimum Gasteiger partial charge on any atom is -0.493 e. The molecule has 0 fully saturated rings. The third kappa shape index (κ3) is 5.00. The third-order valence-corrected chi connectivity index (χ3v) is 5.72. The summed E-state index contributed by atoms with van der Waals surface area (Å²) in [7, 11) is -3.71. The van der Waals surface area contributed by atoms with E-state index in [0.717, 1.165) is 17.7 Å². The Morgan fingerprint density at radius 3 is 2.63 bits per heavy atom. The van der Waals surface area contributed by atoms with Gasteiger partial charge in [0, 0.05) is 13.0 Å². The van der Waals surface area contributed by atoms with E-state index in [0.29, 0.717) is 30.4 Å². The number of hydrogen-bond acceptors (Lipinski definition) is 5. The summed E-state index contributed by atoms with van der Waals surface area (Å²) in [5.41, 5.74) is 1.70. The molecule has 0 radical (unpaired) electrons. The molecule has 2 aromatic rings. The normalized spacial score (nSPS) is 14.7. The molecule has 2 N–H and O–H groups in total. The molecule has 3 rings (SSSR count). The van der Waals surface area contributed by atoms with Gasteiger partial charge in [-0.15, -0.1) is 0 Å². The summed E-state index contributed by atoms with van der Waals surface area (Å²) in [6, 6.07) is 11.7. The van der Waals surface area contributed by atoms with Gasteiger partial charge in [-0.3, -0.25) is 0 Å². The van der Waals surface area contributed by atoms with Crippen LogP contribution in [0, 0.1) is 5.92 Å². The SMILES string of the molecule is CC(C)COc1ccc(S(=O)(=O)NCC(O)c2ccc3c(c2)CCO3)cc1. The van der Waals surface area contributed by atoms with Crippen molar-refractivity contribution >= 4 is 10.0 Å². The Kier molecular flexibility index (Phi) is 6.04. The second-order valence-corrected chi connectivity index (χ2v) is 8.78. The predicted octanol–water partition coefficient (Wildman–Crippen LogP) is 2.67. The van der Waals surface area contributed by atoms with Gasteiger partial charge in [0.05, 0.1) is 24.2 Å². The molecule has 7 heteroatoms.